The van der Waals surface area contributed by atoms with E-state index in [1.165, 1.54) is 17.4 Å². The lowest BCUT2D eigenvalue weighted by atomic mass is 10.0. The van der Waals surface area contributed by atoms with Gasteiger partial charge in [-0.1, -0.05) is 23.5 Å². The lowest BCUT2D eigenvalue weighted by molar-refractivity contribution is -0.143. The molecule has 0 unspecified atom stereocenters. The second-order valence-electron chi connectivity index (χ2n) is 7.07. The number of hydrogen-bond acceptors (Lipinski definition) is 4. The highest BCUT2D eigenvalue weighted by Crippen LogP contribution is 2.37. The van der Waals surface area contributed by atoms with Gasteiger partial charge in [0.1, 0.15) is 15.4 Å². The molecule has 2 aromatic carbocycles. The van der Waals surface area contributed by atoms with Gasteiger partial charge in [-0.25, -0.2) is 9.97 Å². The molecule has 1 amide bonds. The highest BCUT2D eigenvalue weighted by molar-refractivity contribution is 7.21. The summed E-state index contributed by atoms with van der Waals surface area (Å²) < 4.78 is 78.7. The third kappa shape index (κ3) is 4.68. The first-order valence-electron chi connectivity index (χ1n) is 9.36. The van der Waals surface area contributed by atoms with Gasteiger partial charge in [0.25, 0.3) is 5.91 Å². The number of thiazole rings is 1. The van der Waals surface area contributed by atoms with E-state index in [-0.39, 0.29) is 11.8 Å². The minimum atomic E-state index is -5.05. The Hall–Kier alpha value is -3.47. The zero-order valence-corrected chi connectivity index (χ0v) is 17.5. The molecular weight excluding hydrogens is 468 g/mol. The van der Waals surface area contributed by atoms with Crippen LogP contribution in [-0.2, 0) is 12.4 Å². The van der Waals surface area contributed by atoms with Gasteiger partial charge in [-0.05, 0) is 48.9 Å². The Morgan fingerprint density at radius 3 is 2.21 bits per heavy atom. The Morgan fingerprint density at radius 2 is 1.61 bits per heavy atom. The maximum absolute atomic E-state index is 13.1. The van der Waals surface area contributed by atoms with Crippen molar-refractivity contribution in [2.24, 2.45) is 0 Å². The van der Waals surface area contributed by atoms with Gasteiger partial charge in [-0.2, -0.15) is 26.3 Å². The zero-order chi connectivity index (χ0) is 24.0. The number of benzene rings is 2. The summed E-state index contributed by atoms with van der Waals surface area (Å²) in [5, 5.41) is 3.02. The van der Waals surface area contributed by atoms with E-state index >= 15 is 0 Å². The van der Waals surface area contributed by atoms with Crippen molar-refractivity contribution < 1.29 is 31.1 Å². The number of aromatic nitrogens is 2. The Morgan fingerprint density at radius 1 is 0.939 bits per heavy atom. The van der Waals surface area contributed by atoms with Gasteiger partial charge in [0.05, 0.1) is 11.1 Å². The predicted octanol–water partition coefficient (Wildman–Crippen LogP) is 6.96. The molecule has 0 atom stereocenters. The highest BCUT2D eigenvalue weighted by Gasteiger charge is 2.37. The van der Waals surface area contributed by atoms with Gasteiger partial charge in [-0.3, -0.25) is 4.79 Å². The number of anilines is 1. The van der Waals surface area contributed by atoms with Crippen molar-refractivity contribution in [3.05, 3.63) is 77.0 Å². The van der Waals surface area contributed by atoms with Crippen LogP contribution < -0.4 is 5.32 Å². The van der Waals surface area contributed by atoms with Crippen molar-refractivity contribution in [1.82, 2.24) is 9.97 Å². The Labute approximate surface area is 186 Å². The quantitative estimate of drug-likeness (QED) is 0.322. The predicted molar refractivity (Wildman–Crippen MR) is 112 cm³/mol. The number of fused-ring (bicyclic) bond motifs is 1. The minimum Gasteiger partial charge on any atom is -0.322 e. The summed E-state index contributed by atoms with van der Waals surface area (Å²) in [6.45, 7) is 1.66. The van der Waals surface area contributed by atoms with Crippen molar-refractivity contribution in [3.63, 3.8) is 0 Å². The summed E-state index contributed by atoms with van der Waals surface area (Å²) in [6, 6.07) is 9.13. The molecular formula is C22H13F6N3OS. The first-order valence-corrected chi connectivity index (χ1v) is 10.2. The topological polar surface area (TPSA) is 54.9 Å². The van der Waals surface area contributed by atoms with E-state index in [0.717, 1.165) is 0 Å². The SMILES string of the molecule is Cc1c(NC(=O)c2cc(C(F)(F)F)cc(C(F)(F)F)c2)cccc1-c1nc2cccnc2s1. The second kappa shape index (κ2) is 8.14. The van der Waals surface area contributed by atoms with Crippen molar-refractivity contribution in [3.8, 4) is 10.6 Å². The molecule has 0 saturated carbocycles. The summed E-state index contributed by atoms with van der Waals surface area (Å²) in [6.07, 6.45) is -8.47. The number of alkyl halides is 6. The first-order chi connectivity index (χ1) is 15.4. The summed E-state index contributed by atoms with van der Waals surface area (Å²) in [4.78, 5) is 22.1. The van der Waals surface area contributed by atoms with Crippen molar-refractivity contribution in [2.75, 3.05) is 5.32 Å². The average molecular weight is 481 g/mol. The molecule has 0 aliphatic carbocycles. The third-order valence-electron chi connectivity index (χ3n) is 4.83. The minimum absolute atomic E-state index is 0.0240. The number of halogens is 6. The molecule has 0 saturated heterocycles. The van der Waals surface area contributed by atoms with Gasteiger partial charge in [0, 0.05) is 23.0 Å². The molecule has 0 aliphatic heterocycles. The summed E-state index contributed by atoms with van der Waals surface area (Å²) in [7, 11) is 0. The van der Waals surface area contributed by atoms with E-state index in [9.17, 15) is 31.1 Å². The van der Waals surface area contributed by atoms with Crippen LogP contribution in [0.4, 0.5) is 32.0 Å². The van der Waals surface area contributed by atoms with Crippen LogP contribution in [0.1, 0.15) is 27.0 Å². The fourth-order valence-corrected chi connectivity index (χ4v) is 4.16. The van der Waals surface area contributed by atoms with Crippen LogP contribution >= 0.6 is 11.3 Å². The second-order valence-corrected chi connectivity index (χ2v) is 8.05. The Bertz CT molecular complexity index is 1300. The summed E-state index contributed by atoms with van der Waals surface area (Å²) in [5.74, 6) is -1.10. The van der Waals surface area contributed by atoms with Crippen LogP contribution in [0.15, 0.2) is 54.7 Å². The molecule has 2 aromatic heterocycles. The molecule has 0 fully saturated rings. The number of carbonyl (C=O) groups is 1. The lowest BCUT2D eigenvalue weighted by Gasteiger charge is -2.15. The monoisotopic (exact) mass is 481 g/mol. The number of rotatable bonds is 3. The average Bonchev–Trinajstić information content (AvgIpc) is 3.17. The fourth-order valence-electron chi connectivity index (χ4n) is 3.17. The summed E-state index contributed by atoms with van der Waals surface area (Å²) in [5.41, 5.74) is -1.77. The number of hydrogen-bond donors (Lipinski definition) is 1. The molecule has 11 heteroatoms. The normalized spacial score (nSPS) is 12.2. The zero-order valence-electron chi connectivity index (χ0n) is 16.7. The van der Waals surface area contributed by atoms with Gasteiger partial charge in [0.2, 0.25) is 0 Å². The van der Waals surface area contributed by atoms with Gasteiger partial charge >= 0.3 is 12.4 Å². The fraction of sp³-hybridized carbons (Fsp3) is 0.136. The summed E-state index contributed by atoms with van der Waals surface area (Å²) >= 11 is 1.31. The number of carbonyl (C=O) groups excluding carboxylic acids is 1. The van der Waals surface area contributed by atoms with E-state index in [2.05, 4.69) is 15.3 Å². The van der Waals surface area contributed by atoms with Crippen LogP contribution in [0, 0.1) is 6.92 Å². The van der Waals surface area contributed by atoms with Gasteiger partial charge in [-0.15, -0.1) is 0 Å². The molecule has 4 rings (SSSR count). The number of amides is 1. The molecule has 33 heavy (non-hydrogen) atoms. The van der Waals surface area contributed by atoms with Gasteiger partial charge in [0.15, 0.2) is 0 Å². The Balaban J connectivity index is 1.70. The van der Waals surface area contributed by atoms with Crippen LogP contribution in [0.25, 0.3) is 20.9 Å². The molecule has 0 bridgehead atoms. The van der Waals surface area contributed by atoms with Crippen LogP contribution in [0.3, 0.4) is 0 Å². The van der Waals surface area contributed by atoms with Crippen molar-refractivity contribution in [2.45, 2.75) is 19.3 Å². The maximum Gasteiger partial charge on any atom is 0.416 e. The lowest BCUT2D eigenvalue weighted by Crippen LogP contribution is -2.17. The van der Waals surface area contributed by atoms with E-state index < -0.39 is 35.0 Å². The smallest absolute Gasteiger partial charge is 0.322 e. The third-order valence-corrected chi connectivity index (χ3v) is 5.84. The molecule has 2 heterocycles. The Kier molecular flexibility index (Phi) is 5.61. The standard InChI is InChI=1S/C22H13F6N3OS/c1-11-15(19-31-17-6-3-7-29-20(17)33-19)4-2-5-16(11)30-18(32)12-8-13(21(23,24)25)10-14(9-12)22(26,27)28/h2-10H,1H3,(H,30,32). The van der Waals surface area contributed by atoms with E-state index in [1.807, 2.05) is 0 Å². The molecule has 0 aliphatic rings. The van der Waals surface area contributed by atoms with E-state index in [4.69, 9.17) is 0 Å². The molecule has 4 aromatic rings. The number of pyridine rings is 1. The molecule has 0 spiro atoms. The number of nitrogens with one attached hydrogen (secondary N) is 1. The largest absolute Gasteiger partial charge is 0.416 e. The highest BCUT2D eigenvalue weighted by atomic mass is 32.1. The molecule has 170 valence electrons. The van der Waals surface area contributed by atoms with E-state index in [1.54, 1.807) is 37.4 Å². The van der Waals surface area contributed by atoms with Crippen molar-refractivity contribution >= 4 is 33.3 Å². The first kappa shape index (κ1) is 22.7. The number of nitrogens with zero attached hydrogens (tertiary/aromatic N) is 2. The van der Waals surface area contributed by atoms with Crippen LogP contribution in [0.5, 0.6) is 0 Å². The molecule has 0 radical (unpaired) electrons. The van der Waals surface area contributed by atoms with Gasteiger partial charge < -0.3 is 5.32 Å². The molecule has 1 N–H and O–H groups in total. The van der Waals surface area contributed by atoms with Crippen LogP contribution in [-0.4, -0.2) is 15.9 Å². The van der Waals surface area contributed by atoms with Crippen molar-refractivity contribution in [1.29, 1.82) is 0 Å². The molecule has 4 nitrogen and oxygen atoms in total. The van der Waals surface area contributed by atoms with Crippen LogP contribution in [0.2, 0.25) is 0 Å². The van der Waals surface area contributed by atoms with E-state index in [0.29, 0.717) is 38.6 Å². The maximum atomic E-state index is 13.1.